The summed E-state index contributed by atoms with van der Waals surface area (Å²) in [5.41, 5.74) is 6.91. The molecule has 1 heterocycles. The van der Waals surface area contributed by atoms with Gasteiger partial charge in [-0.2, -0.15) is 0 Å². The van der Waals surface area contributed by atoms with Gasteiger partial charge in [-0.15, -0.1) is 0 Å². The second kappa shape index (κ2) is 10.6. The Morgan fingerprint density at radius 3 is 2.52 bits per heavy atom. The molecule has 4 N–H and O–H groups in total. The summed E-state index contributed by atoms with van der Waals surface area (Å²) in [4.78, 5) is 26.1. The number of rotatable bonds is 8. The van der Waals surface area contributed by atoms with Gasteiger partial charge in [-0.3, -0.25) is 14.5 Å². The fourth-order valence-corrected chi connectivity index (χ4v) is 3.32. The Morgan fingerprint density at radius 2 is 1.89 bits per heavy atom. The average Bonchev–Trinajstić information content (AvgIpc) is 2.66. The number of piperidine rings is 1. The number of nitrogens with one attached hydrogen (secondary N) is 2. The first kappa shape index (κ1) is 21.7. The van der Waals surface area contributed by atoms with E-state index in [0.29, 0.717) is 12.5 Å². The summed E-state index contributed by atoms with van der Waals surface area (Å²) in [5, 5.41) is 6.32. The van der Waals surface area contributed by atoms with Crippen LogP contribution in [0.2, 0.25) is 5.02 Å². The third-order valence-electron chi connectivity index (χ3n) is 5.09. The van der Waals surface area contributed by atoms with Crippen LogP contribution >= 0.6 is 11.6 Å². The van der Waals surface area contributed by atoms with E-state index in [1.165, 1.54) is 0 Å². The standard InChI is InChI=1S/C20H31ClN4O2/c1-14(2)19(22)20(27)24-12-18(26)23-11-15-7-9-25(10-8-15)13-16-5-3-4-6-17(16)21/h3-6,14-15,19H,7-13,22H2,1-2H3,(H,23,26)(H,24,27)/t19-/m0/s1. The van der Waals surface area contributed by atoms with Gasteiger partial charge in [0.05, 0.1) is 12.6 Å². The van der Waals surface area contributed by atoms with E-state index in [9.17, 15) is 9.59 Å². The van der Waals surface area contributed by atoms with Gasteiger partial charge >= 0.3 is 0 Å². The van der Waals surface area contributed by atoms with Crippen LogP contribution in [-0.4, -0.2) is 48.9 Å². The van der Waals surface area contributed by atoms with E-state index in [0.717, 1.165) is 43.1 Å². The molecule has 7 heteroatoms. The second-order valence-corrected chi connectivity index (χ2v) is 8.01. The Labute approximate surface area is 166 Å². The van der Waals surface area contributed by atoms with Crippen LogP contribution in [0.5, 0.6) is 0 Å². The first-order chi connectivity index (χ1) is 12.9. The molecule has 150 valence electrons. The SMILES string of the molecule is CC(C)[C@H](N)C(=O)NCC(=O)NCC1CCN(Cc2ccccc2Cl)CC1. The maximum Gasteiger partial charge on any atom is 0.239 e. The van der Waals surface area contributed by atoms with Crippen molar-refractivity contribution in [2.45, 2.75) is 39.3 Å². The molecule has 2 amide bonds. The van der Waals surface area contributed by atoms with Gasteiger partial charge in [0.2, 0.25) is 11.8 Å². The lowest BCUT2D eigenvalue weighted by Gasteiger charge is -2.32. The summed E-state index contributed by atoms with van der Waals surface area (Å²) in [5.74, 6) is 0.0555. The molecule has 27 heavy (non-hydrogen) atoms. The molecule has 1 fully saturated rings. The van der Waals surface area contributed by atoms with Crippen LogP contribution in [0.4, 0.5) is 0 Å². The van der Waals surface area contributed by atoms with Crippen molar-refractivity contribution in [2.24, 2.45) is 17.6 Å². The molecule has 0 bridgehead atoms. The largest absolute Gasteiger partial charge is 0.354 e. The van der Waals surface area contributed by atoms with Gasteiger partial charge < -0.3 is 16.4 Å². The smallest absolute Gasteiger partial charge is 0.239 e. The molecule has 2 rings (SSSR count). The number of nitrogens with zero attached hydrogens (tertiary/aromatic N) is 1. The molecule has 1 aliphatic rings. The lowest BCUT2D eigenvalue weighted by Crippen LogP contribution is -2.47. The first-order valence-corrected chi connectivity index (χ1v) is 10.0. The fourth-order valence-electron chi connectivity index (χ4n) is 3.12. The second-order valence-electron chi connectivity index (χ2n) is 7.60. The Bertz CT molecular complexity index is 630. The molecular weight excluding hydrogens is 364 g/mol. The van der Waals surface area contributed by atoms with Gasteiger partial charge in [0.1, 0.15) is 0 Å². The quantitative estimate of drug-likeness (QED) is 0.627. The van der Waals surface area contributed by atoms with E-state index in [-0.39, 0.29) is 24.3 Å². The van der Waals surface area contributed by atoms with E-state index in [4.69, 9.17) is 17.3 Å². The summed E-state index contributed by atoms with van der Waals surface area (Å²) in [6.07, 6.45) is 2.07. The van der Waals surface area contributed by atoms with Crippen molar-refractivity contribution in [3.05, 3.63) is 34.9 Å². The number of nitrogens with two attached hydrogens (primary N) is 1. The highest BCUT2D eigenvalue weighted by Crippen LogP contribution is 2.21. The summed E-state index contributed by atoms with van der Waals surface area (Å²) >= 11 is 6.23. The molecule has 6 nitrogen and oxygen atoms in total. The number of carbonyl (C=O) groups excluding carboxylic acids is 2. The van der Waals surface area contributed by atoms with Crippen molar-refractivity contribution in [1.29, 1.82) is 0 Å². The maximum absolute atomic E-state index is 11.9. The zero-order valence-electron chi connectivity index (χ0n) is 16.2. The van der Waals surface area contributed by atoms with E-state index in [1.54, 1.807) is 0 Å². The Morgan fingerprint density at radius 1 is 1.22 bits per heavy atom. The van der Waals surface area contributed by atoms with Crippen LogP contribution in [0.3, 0.4) is 0 Å². The van der Waals surface area contributed by atoms with Crippen molar-refractivity contribution in [2.75, 3.05) is 26.2 Å². The number of carbonyl (C=O) groups is 2. The topological polar surface area (TPSA) is 87.5 Å². The van der Waals surface area contributed by atoms with E-state index < -0.39 is 6.04 Å². The molecule has 1 saturated heterocycles. The van der Waals surface area contributed by atoms with Crippen molar-refractivity contribution in [3.8, 4) is 0 Å². The summed E-state index contributed by atoms with van der Waals surface area (Å²) in [7, 11) is 0. The van der Waals surface area contributed by atoms with Crippen molar-refractivity contribution < 1.29 is 9.59 Å². The van der Waals surface area contributed by atoms with Crippen LogP contribution < -0.4 is 16.4 Å². The normalized spacial score (nSPS) is 16.9. The molecular formula is C20H31ClN4O2. The van der Waals surface area contributed by atoms with Crippen LogP contribution in [0.25, 0.3) is 0 Å². The zero-order valence-corrected chi connectivity index (χ0v) is 17.0. The number of hydrogen-bond donors (Lipinski definition) is 3. The number of hydrogen-bond acceptors (Lipinski definition) is 4. The molecule has 0 unspecified atom stereocenters. The predicted molar refractivity (Wildman–Crippen MR) is 108 cm³/mol. The number of halogens is 1. The van der Waals surface area contributed by atoms with Crippen molar-refractivity contribution in [3.63, 3.8) is 0 Å². The minimum Gasteiger partial charge on any atom is -0.354 e. The summed E-state index contributed by atoms with van der Waals surface area (Å²) in [6, 6.07) is 7.36. The van der Waals surface area contributed by atoms with Gasteiger partial charge in [-0.1, -0.05) is 43.6 Å². The van der Waals surface area contributed by atoms with Crippen LogP contribution in [0.1, 0.15) is 32.3 Å². The molecule has 0 aliphatic carbocycles. The van der Waals surface area contributed by atoms with E-state index in [2.05, 4.69) is 21.6 Å². The molecule has 1 aromatic carbocycles. The Balaban J connectivity index is 1.64. The highest BCUT2D eigenvalue weighted by molar-refractivity contribution is 6.31. The maximum atomic E-state index is 11.9. The summed E-state index contributed by atoms with van der Waals surface area (Å²) < 4.78 is 0. The van der Waals surface area contributed by atoms with E-state index in [1.807, 2.05) is 32.0 Å². The third-order valence-corrected chi connectivity index (χ3v) is 5.46. The molecule has 1 aromatic rings. The first-order valence-electron chi connectivity index (χ1n) is 9.62. The van der Waals surface area contributed by atoms with Crippen LogP contribution in [0.15, 0.2) is 24.3 Å². The fraction of sp³-hybridized carbons (Fsp3) is 0.600. The lowest BCUT2D eigenvalue weighted by atomic mass is 9.96. The molecule has 0 spiro atoms. The number of likely N-dealkylation sites (tertiary alicyclic amines) is 1. The van der Waals surface area contributed by atoms with Gasteiger partial charge in [0.25, 0.3) is 0 Å². The zero-order chi connectivity index (χ0) is 19.8. The lowest BCUT2D eigenvalue weighted by molar-refractivity contribution is -0.127. The van der Waals surface area contributed by atoms with Gasteiger partial charge in [0, 0.05) is 18.1 Å². The molecule has 1 aliphatic heterocycles. The molecule has 0 aromatic heterocycles. The van der Waals surface area contributed by atoms with Crippen LogP contribution in [0, 0.1) is 11.8 Å². The highest BCUT2D eigenvalue weighted by Gasteiger charge is 2.21. The Hall–Kier alpha value is -1.63. The average molecular weight is 395 g/mol. The van der Waals surface area contributed by atoms with Gasteiger partial charge in [0.15, 0.2) is 0 Å². The molecule has 0 radical (unpaired) electrons. The monoisotopic (exact) mass is 394 g/mol. The minimum atomic E-state index is -0.583. The number of benzene rings is 1. The Kier molecular flexibility index (Phi) is 8.54. The summed E-state index contributed by atoms with van der Waals surface area (Å²) in [6.45, 7) is 7.22. The van der Waals surface area contributed by atoms with E-state index >= 15 is 0 Å². The predicted octanol–water partition coefficient (Wildman–Crippen LogP) is 1.77. The molecule has 1 atom stereocenters. The molecule has 0 saturated carbocycles. The third kappa shape index (κ3) is 7.13. The highest BCUT2D eigenvalue weighted by atomic mass is 35.5. The number of amides is 2. The minimum absolute atomic E-state index is 0.0232. The van der Waals surface area contributed by atoms with Gasteiger partial charge in [-0.25, -0.2) is 0 Å². The van der Waals surface area contributed by atoms with Crippen molar-refractivity contribution in [1.82, 2.24) is 15.5 Å². The van der Waals surface area contributed by atoms with Crippen molar-refractivity contribution >= 4 is 23.4 Å². The van der Waals surface area contributed by atoms with Crippen LogP contribution in [-0.2, 0) is 16.1 Å². The van der Waals surface area contributed by atoms with Gasteiger partial charge in [-0.05, 0) is 49.4 Å².